The molecule has 23 heteroatoms. The number of fused-ring (bicyclic) bond motifs is 2. The second-order valence-electron chi connectivity index (χ2n) is 25.0. The Balaban J connectivity index is 0.665. The van der Waals surface area contributed by atoms with Crippen molar-refractivity contribution in [2.75, 3.05) is 48.8 Å². The molecule has 7 amide bonds. The van der Waals surface area contributed by atoms with Crippen molar-refractivity contribution < 1.29 is 52.9 Å². The van der Waals surface area contributed by atoms with E-state index < -0.39 is 59.3 Å². The smallest absolute Gasteiger partial charge is 0.409 e. The van der Waals surface area contributed by atoms with Crippen LogP contribution < -0.4 is 26.2 Å². The van der Waals surface area contributed by atoms with Crippen molar-refractivity contribution in [2.24, 2.45) is 16.2 Å². The summed E-state index contributed by atoms with van der Waals surface area (Å²) in [5, 5.41) is 27.0. The first-order chi connectivity index (χ1) is 41.5. The molecule has 22 nitrogen and oxygen atoms in total. The highest BCUT2D eigenvalue weighted by atomic mass is 32.1. The van der Waals surface area contributed by atoms with Crippen molar-refractivity contribution in [3.8, 4) is 11.1 Å². The summed E-state index contributed by atoms with van der Waals surface area (Å²) in [4.78, 5) is 116. The van der Waals surface area contributed by atoms with Crippen molar-refractivity contribution in [2.45, 2.75) is 123 Å². The molecule has 4 saturated carbocycles. The number of hydrogen-bond donors (Lipinski definition) is 5. The molecule has 454 valence electrons. The van der Waals surface area contributed by atoms with Crippen LogP contribution in [-0.2, 0) is 59.6 Å². The van der Waals surface area contributed by atoms with Crippen LogP contribution in [0.2, 0.25) is 0 Å². The third-order valence-electron chi connectivity index (χ3n) is 17.7. The van der Waals surface area contributed by atoms with E-state index in [4.69, 9.17) is 19.6 Å². The van der Waals surface area contributed by atoms with E-state index in [0.717, 1.165) is 82.6 Å². The fourth-order valence-electron chi connectivity index (χ4n) is 14.8. The van der Waals surface area contributed by atoms with E-state index in [-0.39, 0.29) is 47.4 Å². The zero-order valence-corrected chi connectivity index (χ0v) is 50.4. The normalized spacial score (nSPS) is 22.4. The Morgan fingerprint density at radius 1 is 0.805 bits per heavy atom. The lowest BCUT2D eigenvalue weighted by molar-refractivity contribution is -0.248. The van der Waals surface area contributed by atoms with Gasteiger partial charge in [-0.2, -0.15) is 5.10 Å². The number of anilines is 3. The molecule has 0 saturated heterocycles. The maximum Gasteiger partial charge on any atom is 0.409 e. The fourth-order valence-corrected chi connectivity index (χ4v) is 15.6. The van der Waals surface area contributed by atoms with Crippen LogP contribution in [0.25, 0.3) is 21.3 Å². The number of nitrogens with zero attached hydrogens (tertiary/aromatic N) is 7. The predicted octanol–water partition coefficient (Wildman–Crippen LogP) is 8.04. The van der Waals surface area contributed by atoms with Crippen LogP contribution in [-0.4, -0.2) is 133 Å². The predicted molar refractivity (Wildman–Crippen MR) is 325 cm³/mol. The van der Waals surface area contributed by atoms with Gasteiger partial charge in [0.25, 0.3) is 17.7 Å². The summed E-state index contributed by atoms with van der Waals surface area (Å²) in [6.45, 7) is 11.8. The Morgan fingerprint density at radius 3 is 2.25 bits per heavy atom. The molecule has 4 aliphatic carbocycles. The number of imide groups is 1. The third-order valence-corrected chi connectivity index (χ3v) is 18.6. The van der Waals surface area contributed by atoms with E-state index in [0.29, 0.717) is 78.1 Å². The maximum atomic E-state index is 13.8. The van der Waals surface area contributed by atoms with Gasteiger partial charge in [-0.05, 0) is 141 Å². The SMILES string of the molecule is Cc1c(-c2ccc(N3CCc4cccc(C(=O)Nc5nc6ccccc6s5)c4C3)nc2C(=O)O)cnn1CC12CC3(C)CC(C)(C1)CC(OCCN(C)C(=O)OCc1ccc(NC(=O)[C@H](C)NC(=O)[C@H](C)NC(=O)CCN4C(=O)C=CC4=O)cc1)(C3)C2. The second kappa shape index (κ2) is 23.8. The number of amides is 7. The lowest BCUT2D eigenvalue weighted by Gasteiger charge is -2.69. The first-order valence-corrected chi connectivity index (χ1v) is 30.1. The zero-order chi connectivity index (χ0) is 61.6. The molecule has 0 spiro atoms. The van der Waals surface area contributed by atoms with Crippen molar-refractivity contribution >= 4 is 85.7 Å². The molecule has 12 rings (SSSR count). The molecule has 4 atom stereocenters. The van der Waals surface area contributed by atoms with Gasteiger partial charge in [-0.15, -0.1) is 0 Å². The van der Waals surface area contributed by atoms with Gasteiger partial charge in [0.2, 0.25) is 17.7 Å². The van der Waals surface area contributed by atoms with E-state index in [1.807, 2.05) is 71.1 Å². The van der Waals surface area contributed by atoms with E-state index in [1.54, 1.807) is 37.5 Å². The highest BCUT2D eigenvalue weighted by Gasteiger charge is 2.66. The van der Waals surface area contributed by atoms with Crippen molar-refractivity contribution in [3.63, 3.8) is 0 Å². The standard InChI is InChI=1S/C64H71N11O11S/c1-38(66-51(76)23-25-74-52(77)20-21-53(74)78)55(79)67-39(2)56(80)68-43-16-14-41(15-17-43)30-85-60(84)72(6)26-27-86-64-34-61(4)31-62(5,35-64)33-63(32-61,36-64)37-75-40(3)46(28-65-75)44-18-19-50(70-54(44)58(82)83)73-24-22-42-10-9-11-45(47(42)29-73)57(81)71-59-69-48-12-7-8-13-49(48)87-59/h7-21,28,38-39H,22-27,29-37H2,1-6H3,(H,66,76)(H,67,79)(H,68,80)(H,82,83)(H,69,71,81)/t38-,39-,61?,62?,63?,64?/m0/s1. The van der Waals surface area contributed by atoms with E-state index in [2.05, 4.69) is 40.1 Å². The van der Waals surface area contributed by atoms with Gasteiger partial charge < -0.3 is 40.3 Å². The number of aromatic nitrogens is 4. The molecule has 87 heavy (non-hydrogen) atoms. The number of carboxylic acid groups (broad SMARTS) is 1. The Labute approximate surface area is 507 Å². The van der Waals surface area contributed by atoms with Crippen molar-refractivity contribution in [1.82, 2.24) is 40.2 Å². The van der Waals surface area contributed by atoms with Crippen LogP contribution in [0.15, 0.2) is 97.2 Å². The van der Waals surface area contributed by atoms with Gasteiger partial charge >= 0.3 is 12.1 Å². The maximum absolute atomic E-state index is 13.8. The molecule has 4 bridgehead atoms. The van der Waals surface area contributed by atoms with Gasteiger partial charge in [-0.3, -0.25) is 43.7 Å². The molecule has 3 aromatic carbocycles. The highest BCUT2D eigenvalue weighted by Crippen LogP contribution is 2.72. The second-order valence-corrected chi connectivity index (χ2v) is 26.1. The minimum absolute atomic E-state index is 0.0157. The molecule has 4 fully saturated rings. The Morgan fingerprint density at radius 2 is 1.53 bits per heavy atom. The number of carbonyl (C=O) groups is 8. The van der Waals surface area contributed by atoms with Gasteiger partial charge in [0.15, 0.2) is 10.8 Å². The number of carboxylic acids is 1. The monoisotopic (exact) mass is 1200 g/mol. The van der Waals surface area contributed by atoms with E-state index in [1.165, 1.54) is 30.1 Å². The first-order valence-electron chi connectivity index (χ1n) is 29.3. The average molecular weight is 1200 g/mol. The number of thiazole rings is 1. The van der Waals surface area contributed by atoms with E-state index in [9.17, 15) is 43.5 Å². The summed E-state index contributed by atoms with van der Waals surface area (Å²) in [6.07, 6.45) is 9.70. The number of rotatable bonds is 21. The van der Waals surface area contributed by atoms with Crippen LogP contribution in [0.3, 0.4) is 0 Å². The van der Waals surface area contributed by atoms with Crippen LogP contribution in [0, 0.1) is 23.2 Å². The van der Waals surface area contributed by atoms with Crippen LogP contribution >= 0.6 is 11.3 Å². The minimum atomic E-state index is -1.15. The molecular weight excluding hydrogens is 1130 g/mol. The largest absolute Gasteiger partial charge is 0.476 e. The molecular formula is C64H71N11O11S. The van der Waals surface area contributed by atoms with Crippen LogP contribution in [0.5, 0.6) is 0 Å². The Hall–Kier alpha value is -8.83. The summed E-state index contributed by atoms with van der Waals surface area (Å²) in [6, 6.07) is 21.9. The quantitative estimate of drug-likeness (QED) is 0.0427. The fraction of sp³-hybridized carbons (Fsp3) is 0.422. The zero-order valence-electron chi connectivity index (χ0n) is 49.6. The van der Waals surface area contributed by atoms with Gasteiger partial charge in [0, 0.05) is 86.4 Å². The molecule has 5 N–H and O–H groups in total. The number of aromatic carboxylic acids is 1. The van der Waals surface area contributed by atoms with Crippen molar-refractivity contribution in [3.05, 3.63) is 131 Å². The number of pyridine rings is 1. The lowest BCUT2D eigenvalue weighted by atomic mass is 9.39. The average Bonchev–Trinajstić information content (AvgIpc) is 0.871. The van der Waals surface area contributed by atoms with Gasteiger partial charge in [0.1, 0.15) is 24.5 Å². The van der Waals surface area contributed by atoms with Gasteiger partial charge in [0.05, 0.1) is 28.6 Å². The van der Waals surface area contributed by atoms with E-state index >= 15 is 0 Å². The first kappa shape index (κ1) is 59.9. The Bertz CT molecular complexity index is 3710. The summed E-state index contributed by atoms with van der Waals surface area (Å²) in [5.74, 6) is -3.56. The highest BCUT2D eigenvalue weighted by molar-refractivity contribution is 7.22. The molecule has 5 heterocycles. The number of hydrogen-bond acceptors (Lipinski definition) is 15. The number of para-hydroxylation sites is 1. The number of likely N-dealkylation sites (N-methyl/N-ethyl adjacent to an activating group) is 1. The molecule has 0 radical (unpaired) electrons. The van der Waals surface area contributed by atoms with Gasteiger partial charge in [-0.25, -0.2) is 19.6 Å². The third kappa shape index (κ3) is 12.9. The number of benzene rings is 3. The lowest BCUT2D eigenvalue weighted by Crippen LogP contribution is -2.64. The summed E-state index contributed by atoms with van der Waals surface area (Å²) in [7, 11) is 1.68. The number of carbonyl (C=O) groups excluding carboxylic acids is 7. The summed E-state index contributed by atoms with van der Waals surface area (Å²) >= 11 is 1.42. The summed E-state index contributed by atoms with van der Waals surface area (Å²) < 4.78 is 15.6. The van der Waals surface area contributed by atoms with Crippen molar-refractivity contribution in [1.29, 1.82) is 0 Å². The van der Waals surface area contributed by atoms with Crippen LogP contribution in [0.1, 0.15) is 116 Å². The molecule has 2 unspecified atom stereocenters. The minimum Gasteiger partial charge on any atom is -0.476 e. The molecule has 3 aromatic heterocycles. The topological polar surface area (TPSA) is 277 Å². The number of ether oxygens (including phenoxy) is 2. The summed E-state index contributed by atoms with van der Waals surface area (Å²) in [5.41, 5.74) is 5.87. The van der Waals surface area contributed by atoms with Crippen LogP contribution in [0.4, 0.5) is 21.4 Å². The Kier molecular flexibility index (Phi) is 16.4. The molecule has 6 aliphatic rings. The van der Waals surface area contributed by atoms with Gasteiger partial charge in [-0.1, -0.05) is 61.6 Å². The molecule has 6 aromatic rings. The number of nitrogens with one attached hydrogen (secondary N) is 4. The molecule has 2 aliphatic heterocycles.